The van der Waals surface area contributed by atoms with Gasteiger partial charge in [0.15, 0.2) is 0 Å². The first-order chi connectivity index (χ1) is 8.77. The largest absolute Gasteiger partial charge is 0.324 e. The van der Waals surface area contributed by atoms with Crippen molar-refractivity contribution in [3.05, 3.63) is 65.5 Å². The number of benzene rings is 1. The van der Waals surface area contributed by atoms with Gasteiger partial charge in [-0.1, -0.05) is 36.4 Å². The minimum absolute atomic E-state index is 0.115. The monoisotopic (exact) mass is 238 g/mol. The number of aryl methyl sites for hydroxylation is 1. The third kappa shape index (κ3) is 2.04. The van der Waals surface area contributed by atoms with Crippen molar-refractivity contribution in [2.75, 3.05) is 0 Å². The van der Waals surface area contributed by atoms with Crippen LogP contribution in [0.25, 0.3) is 0 Å². The average molecular weight is 238 g/mol. The zero-order valence-electron chi connectivity index (χ0n) is 10.6. The van der Waals surface area contributed by atoms with Crippen molar-refractivity contribution in [2.24, 2.45) is 11.7 Å². The Morgan fingerprint density at radius 2 is 1.94 bits per heavy atom. The van der Waals surface area contributed by atoms with Gasteiger partial charge in [-0.3, -0.25) is 4.98 Å². The minimum Gasteiger partial charge on any atom is -0.324 e. The Balaban J connectivity index is 1.77. The molecule has 0 bridgehead atoms. The van der Waals surface area contributed by atoms with Gasteiger partial charge in [0.1, 0.15) is 0 Å². The molecule has 3 atom stereocenters. The maximum absolute atomic E-state index is 6.39. The number of rotatable bonds is 3. The molecule has 1 aliphatic rings. The lowest BCUT2D eigenvalue weighted by Gasteiger charge is -2.13. The first-order valence-electron chi connectivity index (χ1n) is 6.49. The number of hydrogen-bond acceptors (Lipinski definition) is 2. The fourth-order valence-electron chi connectivity index (χ4n) is 2.77. The van der Waals surface area contributed by atoms with Crippen LogP contribution in [0.2, 0.25) is 0 Å². The van der Waals surface area contributed by atoms with Gasteiger partial charge < -0.3 is 5.73 Å². The van der Waals surface area contributed by atoms with Gasteiger partial charge in [0, 0.05) is 17.9 Å². The summed E-state index contributed by atoms with van der Waals surface area (Å²) in [6.07, 6.45) is 3.02. The Morgan fingerprint density at radius 1 is 1.17 bits per heavy atom. The van der Waals surface area contributed by atoms with Crippen LogP contribution in [0.4, 0.5) is 0 Å². The summed E-state index contributed by atoms with van der Waals surface area (Å²) >= 11 is 0. The molecule has 3 unspecified atom stereocenters. The molecule has 0 spiro atoms. The summed E-state index contributed by atoms with van der Waals surface area (Å²) < 4.78 is 0. The molecule has 1 heterocycles. The third-order valence-corrected chi connectivity index (χ3v) is 3.94. The van der Waals surface area contributed by atoms with Crippen LogP contribution < -0.4 is 5.73 Å². The number of nitrogens with zero attached hydrogens (tertiary/aromatic N) is 1. The molecule has 3 rings (SSSR count). The van der Waals surface area contributed by atoms with E-state index in [1.165, 1.54) is 17.5 Å². The van der Waals surface area contributed by atoms with Crippen molar-refractivity contribution < 1.29 is 0 Å². The SMILES string of the molecule is Cc1ncccc1C(N)C1CC1c1ccccc1. The molecule has 0 saturated heterocycles. The summed E-state index contributed by atoms with van der Waals surface area (Å²) in [6, 6.07) is 14.9. The normalized spacial score (nSPS) is 23.7. The van der Waals surface area contributed by atoms with E-state index in [4.69, 9.17) is 5.73 Å². The van der Waals surface area contributed by atoms with Crippen molar-refractivity contribution in [1.82, 2.24) is 4.98 Å². The van der Waals surface area contributed by atoms with Crippen molar-refractivity contribution in [1.29, 1.82) is 0 Å². The van der Waals surface area contributed by atoms with Crippen LogP contribution in [-0.2, 0) is 0 Å². The second-order valence-electron chi connectivity index (χ2n) is 5.12. The number of pyridine rings is 1. The Morgan fingerprint density at radius 3 is 2.67 bits per heavy atom. The second-order valence-corrected chi connectivity index (χ2v) is 5.12. The Bertz CT molecular complexity index is 536. The Kier molecular flexibility index (Phi) is 2.88. The Hall–Kier alpha value is -1.67. The molecule has 2 N–H and O–H groups in total. The van der Waals surface area contributed by atoms with Crippen molar-refractivity contribution in [3.63, 3.8) is 0 Å². The standard InChI is InChI=1S/C16H18N2/c1-11-13(8-5-9-18-11)16(17)15-10-14(15)12-6-3-2-4-7-12/h2-9,14-16H,10,17H2,1H3. The predicted molar refractivity (Wildman–Crippen MR) is 73.2 cm³/mol. The van der Waals surface area contributed by atoms with Gasteiger partial charge in [-0.15, -0.1) is 0 Å². The van der Waals surface area contributed by atoms with E-state index in [1.54, 1.807) is 0 Å². The van der Waals surface area contributed by atoms with Gasteiger partial charge in [-0.2, -0.15) is 0 Å². The Labute approximate surface area is 108 Å². The topological polar surface area (TPSA) is 38.9 Å². The van der Waals surface area contributed by atoms with Gasteiger partial charge >= 0.3 is 0 Å². The van der Waals surface area contributed by atoms with E-state index in [0.717, 1.165) is 5.69 Å². The summed E-state index contributed by atoms with van der Waals surface area (Å²) in [5.41, 5.74) is 10.1. The van der Waals surface area contributed by atoms with Crippen molar-refractivity contribution in [3.8, 4) is 0 Å². The molecule has 2 aromatic rings. The summed E-state index contributed by atoms with van der Waals surface area (Å²) in [4.78, 5) is 4.33. The smallest absolute Gasteiger partial charge is 0.0420 e. The van der Waals surface area contributed by atoms with Gasteiger partial charge in [-0.25, -0.2) is 0 Å². The van der Waals surface area contributed by atoms with E-state index >= 15 is 0 Å². The summed E-state index contributed by atoms with van der Waals surface area (Å²) in [5.74, 6) is 1.19. The molecular weight excluding hydrogens is 220 g/mol. The van der Waals surface area contributed by atoms with Crippen LogP contribution in [0.5, 0.6) is 0 Å². The molecule has 1 fully saturated rings. The number of hydrogen-bond donors (Lipinski definition) is 1. The lowest BCUT2D eigenvalue weighted by Crippen LogP contribution is -2.15. The highest BCUT2D eigenvalue weighted by Gasteiger charge is 2.43. The van der Waals surface area contributed by atoms with E-state index in [-0.39, 0.29) is 6.04 Å². The van der Waals surface area contributed by atoms with Crippen LogP contribution in [0.3, 0.4) is 0 Å². The fourth-order valence-corrected chi connectivity index (χ4v) is 2.77. The molecule has 2 heteroatoms. The van der Waals surface area contributed by atoms with E-state index in [0.29, 0.717) is 11.8 Å². The van der Waals surface area contributed by atoms with Crippen molar-refractivity contribution >= 4 is 0 Å². The molecule has 2 nitrogen and oxygen atoms in total. The van der Waals surface area contributed by atoms with Crippen LogP contribution in [0, 0.1) is 12.8 Å². The first kappa shape index (κ1) is 11.4. The lowest BCUT2D eigenvalue weighted by molar-refractivity contribution is 0.609. The fraction of sp³-hybridized carbons (Fsp3) is 0.312. The molecule has 1 aromatic heterocycles. The molecule has 0 amide bonds. The molecule has 1 aromatic carbocycles. The molecule has 92 valence electrons. The summed E-state index contributed by atoms with van der Waals surface area (Å²) in [5, 5.41) is 0. The highest BCUT2D eigenvalue weighted by atomic mass is 14.7. The highest BCUT2D eigenvalue weighted by Crippen LogP contribution is 2.53. The minimum atomic E-state index is 0.115. The van der Waals surface area contributed by atoms with Gasteiger partial charge in [-0.05, 0) is 42.4 Å². The van der Waals surface area contributed by atoms with E-state index in [9.17, 15) is 0 Å². The van der Waals surface area contributed by atoms with Crippen LogP contribution >= 0.6 is 0 Å². The van der Waals surface area contributed by atoms with Gasteiger partial charge in [0.05, 0.1) is 0 Å². The van der Waals surface area contributed by atoms with Crippen molar-refractivity contribution in [2.45, 2.75) is 25.3 Å². The lowest BCUT2D eigenvalue weighted by atomic mass is 9.99. The molecule has 1 saturated carbocycles. The van der Waals surface area contributed by atoms with E-state index < -0.39 is 0 Å². The van der Waals surface area contributed by atoms with Crippen LogP contribution in [0.15, 0.2) is 48.7 Å². The van der Waals surface area contributed by atoms with E-state index in [2.05, 4.69) is 41.4 Å². The number of aromatic nitrogens is 1. The zero-order chi connectivity index (χ0) is 12.5. The number of nitrogens with two attached hydrogens (primary N) is 1. The molecule has 0 aliphatic heterocycles. The molecule has 18 heavy (non-hydrogen) atoms. The highest BCUT2D eigenvalue weighted by molar-refractivity contribution is 5.31. The quantitative estimate of drug-likeness (QED) is 0.891. The third-order valence-electron chi connectivity index (χ3n) is 3.94. The van der Waals surface area contributed by atoms with Gasteiger partial charge in [0.25, 0.3) is 0 Å². The predicted octanol–water partition coefficient (Wildman–Crippen LogP) is 3.19. The van der Waals surface area contributed by atoms with Crippen LogP contribution in [0.1, 0.15) is 35.2 Å². The summed E-state index contributed by atoms with van der Waals surface area (Å²) in [6.45, 7) is 2.04. The van der Waals surface area contributed by atoms with Crippen LogP contribution in [-0.4, -0.2) is 4.98 Å². The maximum Gasteiger partial charge on any atom is 0.0420 e. The average Bonchev–Trinajstić information content (AvgIpc) is 3.20. The van der Waals surface area contributed by atoms with Gasteiger partial charge in [0.2, 0.25) is 0 Å². The van der Waals surface area contributed by atoms with E-state index in [1.807, 2.05) is 19.2 Å². The molecular formula is C16H18N2. The maximum atomic E-state index is 6.39. The molecule has 1 aliphatic carbocycles. The second kappa shape index (κ2) is 4.54. The zero-order valence-corrected chi connectivity index (χ0v) is 10.6. The first-order valence-corrected chi connectivity index (χ1v) is 6.49. The summed E-state index contributed by atoms with van der Waals surface area (Å²) in [7, 11) is 0. The molecule has 0 radical (unpaired) electrons.